The third-order valence-electron chi connectivity index (χ3n) is 4.13. The number of benzene rings is 1. The van der Waals surface area contributed by atoms with E-state index >= 15 is 0 Å². The van der Waals surface area contributed by atoms with E-state index in [9.17, 15) is 8.42 Å². The lowest BCUT2D eigenvalue weighted by molar-refractivity contribution is 0.411. The van der Waals surface area contributed by atoms with Crippen molar-refractivity contribution < 1.29 is 13.2 Å². The Hall–Kier alpha value is -1.07. The highest BCUT2D eigenvalue weighted by Gasteiger charge is 2.37. The van der Waals surface area contributed by atoms with Crippen molar-refractivity contribution in [2.75, 3.05) is 19.4 Å². The third kappa shape index (κ3) is 3.40. The lowest BCUT2D eigenvalue weighted by Crippen LogP contribution is -2.41. The number of sulfone groups is 1. The highest BCUT2D eigenvalue weighted by molar-refractivity contribution is 7.92. The van der Waals surface area contributed by atoms with Gasteiger partial charge in [0, 0.05) is 6.04 Å². The van der Waals surface area contributed by atoms with Crippen LogP contribution in [0.4, 0.5) is 0 Å². The first-order valence-electron chi connectivity index (χ1n) is 7.65. The van der Waals surface area contributed by atoms with Gasteiger partial charge in [-0.15, -0.1) is 0 Å². The van der Waals surface area contributed by atoms with Crippen LogP contribution in [0.25, 0.3) is 0 Å². The quantitative estimate of drug-likeness (QED) is 0.877. The average Bonchev–Trinajstić information content (AvgIpc) is 2.46. The zero-order chi connectivity index (χ0) is 15.5. The van der Waals surface area contributed by atoms with Crippen molar-refractivity contribution in [1.29, 1.82) is 0 Å². The molecule has 0 aromatic heterocycles. The van der Waals surface area contributed by atoms with Gasteiger partial charge < -0.3 is 10.1 Å². The maximum absolute atomic E-state index is 12.5. The van der Waals surface area contributed by atoms with Gasteiger partial charge in [-0.2, -0.15) is 0 Å². The van der Waals surface area contributed by atoms with Gasteiger partial charge in [0.25, 0.3) is 0 Å². The Kier molecular flexibility index (Phi) is 5.27. The molecular formula is C16H25NO3S. The minimum atomic E-state index is -3.06. The molecule has 0 radical (unpaired) electrons. The maximum Gasteiger partial charge on any atom is 0.155 e. The second-order valence-corrected chi connectivity index (χ2v) is 7.88. The summed E-state index contributed by atoms with van der Waals surface area (Å²) >= 11 is 0. The van der Waals surface area contributed by atoms with Crippen LogP contribution in [0, 0.1) is 0 Å². The van der Waals surface area contributed by atoms with E-state index in [1.54, 1.807) is 7.11 Å². The molecule has 21 heavy (non-hydrogen) atoms. The summed E-state index contributed by atoms with van der Waals surface area (Å²) in [6.07, 6.45) is 2.15. The largest absolute Gasteiger partial charge is 0.497 e. The van der Waals surface area contributed by atoms with Crippen molar-refractivity contribution in [3.63, 3.8) is 0 Å². The van der Waals surface area contributed by atoms with Crippen molar-refractivity contribution in [3.05, 3.63) is 29.3 Å². The standard InChI is InChI=1S/C16H25NO3S/c1-4-10-21(18,19)15-9-6-12-11-13(20-3)7-8-14(12)16(15)17-5-2/h7-8,11,15-17H,4-6,9-10H2,1-3H3. The van der Waals surface area contributed by atoms with Gasteiger partial charge >= 0.3 is 0 Å². The summed E-state index contributed by atoms with van der Waals surface area (Å²) in [5.41, 5.74) is 2.30. The Morgan fingerprint density at radius 1 is 1.33 bits per heavy atom. The van der Waals surface area contributed by atoms with E-state index in [0.29, 0.717) is 12.8 Å². The van der Waals surface area contributed by atoms with Crippen LogP contribution in [0.5, 0.6) is 5.75 Å². The van der Waals surface area contributed by atoms with E-state index in [-0.39, 0.29) is 17.0 Å². The molecule has 5 heteroatoms. The molecule has 118 valence electrons. The summed E-state index contributed by atoms with van der Waals surface area (Å²) in [5, 5.41) is 3.05. The number of hydrogen-bond donors (Lipinski definition) is 1. The minimum absolute atomic E-state index is 0.110. The fourth-order valence-electron chi connectivity index (χ4n) is 3.18. The molecule has 0 bridgehead atoms. The fraction of sp³-hybridized carbons (Fsp3) is 0.625. The Balaban J connectivity index is 2.39. The van der Waals surface area contributed by atoms with E-state index in [2.05, 4.69) is 5.32 Å². The van der Waals surface area contributed by atoms with Gasteiger partial charge in [-0.25, -0.2) is 8.42 Å². The van der Waals surface area contributed by atoms with Gasteiger partial charge in [-0.05, 0) is 49.1 Å². The molecule has 0 amide bonds. The molecule has 0 saturated carbocycles. The zero-order valence-electron chi connectivity index (χ0n) is 13.1. The van der Waals surface area contributed by atoms with Crippen molar-refractivity contribution in [2.24, 2.45) is 0 Å². The number of aryl methyl sites for hydroxylation is 1. The molecule has 0 heterocycles. The number of rotatable bonds is 6. The lowest BCUT2D eigenvalue weighted by Gasteiger charge is -2.34. The monoisotopic (exact) mass is 311 g/mol. The maximum atomic E-state index is 12.5. The van der Waals surface area contributed by atoms with Crippen molar-refractivity contribution >= 4 is 9.84 Å². The Bertz CT molecular complexity index is 583. The first-order valence-corrected chi connectivity index (χ1v) is 9.36. The number of ether oxygens (including phenoxy) is 1. The minimum Gasteiger partial charge on any atom is -0.497 e. The van der Waals surface area contributed by atoms with E-state index in [0.717, 1.165) is 24.3 Å². The van der Waals surface area contributed by atoms with Crippen LogP contribution < -0.4 is 10.1 Å². The van der Waals surface area contributed by atoms with Crippen LogP contribution >= 0.6 is 0 Å². The van der Waals surface area contributed by atoms with Crippen LogP contribution in [0.15, 0.2) is 18.2 Å². The predicted molar refractivity (Wildman–Crippen MR) is 85.6 cm³/mol. The summed E-state index contributed by atoms with van der Waals surface area (Å²) in [4.78, 5) is 0. The molecule has 1 aromatic carbocycles. The lowest BCUT2D eigenvalue weighted by atomic mass is 9.87. The Morgan fingerprint density at radius 3 is 2.71 bits per heavy atom. The highest BCUT2D eigenvalue weighted by Crippen LogP contribution is 2.36. The molecule has 0 aliphatic heterocycles. The van der Waals surface area contributed by atoms with Gasteiger partial charge in [-0.1, -0.05) is 19.9 Å². The van der Waals surface area contributed by atoms with E-state index in [1.165, 1.54) is 5.56 Å². The SMILES string of the molecule is CCCS(=O)(=O)C1CCc2cc(OC)ccc2C1NCC. The molecule has 2 atom stereocenters. The molecule has 0 saturated heterocycles. The van der Waals surface area contributed by atoms with Gasteiger partial charge in [0.05, 0.1) is 18.1 Å². The summed E-state index contributed by atoms with van der Waals surface area (Å²) < 4.78 is 30.3. The molecule has 2 unspecified atom stereocenters. The van der Waals surface area contributed by atoms with Crippen LogP contribution in [-0.2, 0) is 16.3 Å². The van der Waals surface area contributed by atoms with Crippen LogP contribution in [0.1, 0.15) is 43.9 Å². The molecular weight excluding hydrogens is 286 g/mol. The molecule has 1 N–H and O–H groups in total. The first-order chi connectivity index (χ1) is 10.0. The zero-order valence-corrected chi connectivity index (χ0v) is 13.9. The van der Waals surface area contributed by atoms with Crippen molar-refractivity contribution in [3.8, 4) is 5.75 Å². The smallest absolute Gasteiger partial charge is 0.155 e. The second kappa shape index (κ2) is 6.79. The summed E-state index contributed by atoms with van der Waals surface area (Å²) in [5.74, 6) is 1.10. The highest BCUT2D eigenvalue weighted by atomic mass is 32.2. The number of nitrogens with one attached hydrogen (secondary N) is 1. The van der Waals surface area contributed by atoms with E-state index in [1.807, 2.05) is 32.0 Å². The predicted octanol–water partition coefficient (Wildman–Crippen LogP) is 2.49. The van der Waals surface area contributed by atoms with Crippen LogP contribution in [-0.4, -0.2) is 33.1 Å². The van der Waals surface area contributed by atoms with Gasteiger partial charge in [0.2, 0.25) is 0 Å². The molecule has 1 aliphatic rings. The molecule has 0 spiro atoms. The van der Waals surface area contributed by atoms with Crippen molar-refractivity contribution in [2.45, 2.75) is 44.4 Å². The van der Waals surface area contributed by atoms with Gasteiger partial charge in [0.15, 0.2) is 9.84 Å². The second-order valence-electron chi connectivity index (χ2n) is 5.54. The van der Waals surface area contributed by atoms with E-state index < -0.39 is 9.84 Å². The Morgan fingerprint density at radius 2 is 2.10 bits per heavy atom. The number of hydrogen-bond acceptors (Lipinski definition) is 4. The average molecular weight is 311 g/mol. The van der Waals surface area contributed by atoms with Crippen molar-refractivity contribution in [1.82, 2.24) is 5.32 Å². The summed E-state index contributed by atoms with van der Waals surface area (Å²) in [7, 11) is -1.40. The van der Waals surface area contributed by atoms with E-state index in [4.69, 9.17) is 4.74 Å². The Labute approximate surface area is 127 Å². The third-order valence-corrected chi connectivity index (χ3v) is 6.54. The molecule has 1 aromatic rings. The van der Waals surface area contributed by atoms with Crippen LogP contribution in [0.2, 0.25) is 0 Å². The summed E-state index contributed by atoms with van der Waals surface area (Å²) in [6.45, 7) is 4.69. The summed E-state index contributed by atoms with van der Waals surface area (Å²) in [6, 6.07) is 5.84. The topological polar surface area (TPSA) is 55.4 Å². The molecule has 4 nitrogen and oxygen atoms in total. The normalized spacial score (nSPS) is 21.9. The number of methoxy groups -OCH3 is 1. The first kappa shape index (κ1) is 16.3. The molecule has 1 aliphatic carbocycles. The van der Waals surface area contributed by atoms with Gasteiger partial charge in [-0.3, -0.25) is 0 Å². The van der Waals surface area contributed by atoms with Crippen LogP contribution in [0.3, 0.4) is 0 Å². The number of fused-ring (bicyclic) bond motifs is 1. The molecule has 2 rings (SSSR count). The fourth-order valence-corrected chi connectivity index (χ4v) is 5.18. The van der Waals surface area contributed by atoms with Gasteiger partial charge in [0.1, 0.15) is 5.75 Å². The molecule has 0 fully saturated rings.